The molecule has 31 heavy (non-hydrogen) atoms. The van der Waals surface area contributed by atoms with Crippen molar-refractivity contribution >= 4 is 33.2 Å². The molecule has 0 aliphatic carbocycles. The van der Waals surface area contributed by atoms with Gasteiger partial charge in [-0.15, -0.1) is 11.3 Å². The molecule has 1 N–H and O–H groups in total. The second-order valence-corrected chi connectivity index (χ2v) is 8.50. The van der Waals surface area contributed by atoms with E-state index in [1.807, 2.05) is 24.3 Å². The van der Waals surface area contributed by atoms with Crippen molar-refractivity contribution in [2.24, 2.45) is 0 Å². The average Bonchev–Trinajstić information content (AvgIpc) is 3.40. The van der Waals surface area contributed by atoms with E-state index in [0.717, 1.165) is 22.1 Å². The molecule has 162 valence electrons. The summed E-state index contributed by atoms with van der Waals surface area (Å²) in [6.45, 7) is 1.97. The number of thiophene rings is 1. The summed E-state index contributed by atoms with van der Waals surface area (Å²) in [7, 11) is 1.60. The lowest BCUT2D eigenvalue weighted by Crippen LogP contribution is -2.35. The van der Waals surface area contributed by atoms with Crippen LogP contribution < -0.4 is 11.0 Å². The number of nitrogens with zero attached hydrogens (tertiary/aromatic N) is 3. The van der Waals surface area contributed by atoms with Crippen molar-refractivity contribution in [3.05, 3.63) is 63.7 Å². The maximum atomic E-state index is 12.9. The molecule has 3 aromatic rings. The molecule has 1 fully saturated rings. The van der Waals surface area contributed by atoms with Gasteiger partial charge in [0.2, 0.25) is 5.91 Å². The molecule has 1 atom stereocenters. The van der Waals surface area contributed by atoms with Gasteiger partial charge in [0.1, 0.15) is 6.54 Å². The minimum Gasteiger partial charge on any atom is -0.383 e. The summed E-state index contributed by atoms with van der Waals surface area (Å²) in [4.78, 5) is 43.6. The van der Waals surface area contributed by atoms with E-state index in [4.69, 9.17) is 4.74 Å². The highest BCUT2D eigenvalue weighted by Gasteiger charge is 2.32. The molecule has 3 heterocycles. The van der Waals surface area contributed by atoms with Crippen molar-refractivity contribution in [1.29, 1.82) is 0 Å². The zero-order valence-electron chi connectivity index (χ0n) is 17.2. The Morgan fingerprint density at radius 2 is 2.13 bits per heavy atom. The van der Waals surface area contributed by atoms with E-state index >= 15 is 0 Å². The van der Waals surface area contributed by atoms with E-state index in [0.29, 0.717) is 31.1 Å². The average molecular weight is 441 g/mol. The monoisotopic (exact) mass is 440 g/mol. The second-order valence-electron chi connectivity index (χ2n) is 7.45. The van der Waals surface area contributed by atoms with Gasteiger partial charge >= 0.3 is 5.69 Å². The van der Waals surface area contributed by atoms with Gasteiger partial charge in [-0.05, 0) is 29.5 Å². The van der Waals surface area contributed by atoms with Crippen molar-refractivity contribution in [2.75, 3.05) is 33.4 Å². The van der Waals surface area contributed by atoms with Crippen LogP contribution in [0.2, 0.25) is 0 Å². The summed E-state index contributed by atoms with van der Waals surface area (Å²) in [5.41, 5.74) is 0.565. The molecule has 0 unspecified atom stereocenters. The molecule has 2 amide bonds. The number of amides is 2. The molecule has 0 saturated carbocycles. The first kappa shape index (κ1) is 21.2. The predicted octanol–water partition coefficient (Wildman–Crippen LogP) is 1.85. The Kier molecular flexibility index (Phi) is 6.43. The molecule has 1 saturated heterocycles. The number of hydrogen-bond acceptors (Lipinski definition) is 6. The van der Waals surface area contributed by atoms with E-state index in [-0.39, 0.29) is 24.3 Å². The van der Waals surface area contributed by atoms with E-state index in [9.17, 15) is 14.4 Å². The number of carbonyl (C=O) groups excluding carboxylic acids is 2. The number of benzene rings is 1. The standard InChI is InChI=1S/C22H24N4O4S/c1-30-12-9-23-21(28)20-19(16-5-2-3-6-17(16)31-20)15-7-11-25(13-15)18(27)14-26-10-4-8-24-22(26)29/h2-6,8,10,15H,7,9,11-14H2,1H3,(H,23,28)/t15-/m1/s1. The summed E-state index contributed by atoms with van der Waals surface area (Å²) >= 11 is 1.48. The third-order valence-corrected chi connectivity index (χ3v) is 6.65. The first-order chi connectivity index (χ1) is 15.1. The molecular weight excluding hydrogens is 416 g/mol. The molecule has 0 spiro atoms. The van der Waals surface area contributed by atoms with Crippen molar-refractivity contribution in [3.63, 3.8) is 0 Å². The fourth-order valence-electron chi connectivity index (χ4n) is 3.96. The van der Waals surface area contributed by atoms with Crippen LogP contribution in [-0.4, -0.2) is 59.6 Å². The summed E-state index contributed by atoms with van der Waals surface area (Å²) < 4.78 is 7.40. The Morgan fingerprint density at radius 3 is 2.94 bits per heavy atom. The first-order valence-electron chi connectivity index (χ1n) is 10.2. The molecule has 1 aliphatic rings. The van der Waals surface area contributed by atoms with Crippen LogP contribution in [0.5, 0.6) is 0 Å². The van der Waals surface area contributed by atoms with Gasteiger partial charge in [-0.2, -0.15) is 0 Å². The summed E-state index contributed by atoms with van der Waals surface area (Å²) in [5.74, 6) is -0.169. The van der Waals surface area contributed by atoms with Crippen LogP contribution in [0.15, 0.2) is 47.5 Å². The van der Waals surface area contributed by atoms with Crippen molar-refractivity contribution in [3.8, 4) is 0 Å². The topological polar surface area (TPSA) is 93.5 Å². The van der Waals surface area contributed by atoms with Crippen LogP contribution in [0.4, 0.5) is 0 Å². The molecule has 4 rings (SSSR count). The highest BCUT2D eigenvalue weighted by atomic mass is 32.1. The molecule has 2 aromatic heterocycles. The minimum atomic E-state index is -0.439. The van der Waals surface area contributed by atoms with Crippen LogP contribution in [0, 0.1) is 0 Å². The van der Waals surface area contributed by atoms with Gasteiger partial charge in [-0.25, -0.2) is 9.78 Å². The number of nitrogens with one attached hydrogen (secondary N) is 1. The van der Waals surface area contributed by atoms with E-state index in [1.54, 1.807) is 24.3 Å². The number of likely N-dealkylation sites (tertiary alicyclic amines) is 1. The molecule has 9 heteroatoms. The van der Waals surface area contributed by atoms with Crippen molar-refractivity contribution in [1.82, 2.24) is 19.8 Å². The first-order valence-corrected chi connectivity index (χ1v) is 11.0. The zero-order valence-corrected chi connectivity index (χ0v) is 18.1. The van der Waals surface area contributed by atoms with E-state index < -0.39 is 5.69 Å². The Hall–Kier alpha value is -3.04. The van der Waals surface area contributed by atoms with Crippen molar-refractivity contribution < 1.29 is 14.3 Å². The molecule has 0 radical (unpaired) electrons. The van der Waals surface area contributed by atoms with E-state index in [2.05, 4.69) is 10.3 Å². The van der Waals surface area contributed by atoms with Gasteiger partial charge < -0.3 is 15.0 Å². The SMILES string of the molecule is COCCNC(=O)c1sc2ccccc2c1[C@@H]1CCN(C(=O)Cn2cccnc2=O)C1. The minimum absolute atomic E-state index is 0.0336. The summed E-state index contributed by atoms with van der Waals surface area (Å²) in [6, 6.07) is 9.62. The number of carbonyl (C=O) groups is 2. The zero-order chi connectivity index (χ0) is 21.8. The maximum absolute atomic E-state index is 12.9. The molecule has 8 nitrogen and oxygen atoms in total. The third kappa shape index (κ3) is 4.52. The Morgan fingerprint density at radius 1 is 1.29 bits per heavy atom. The van der Waals surface area contributed by atoms with Gasteiger partial charge in [-0.3, -0.25) is 14.2 Å². The molecule has 1 aromatic carbocycles. The van der Waals surface area contributed by atoms with Crippen LogP contribution in [-0.2, 0) is 16.1 Å². The largest absolute Gasteiger partial charge is 0.383 e. The molecule has 1 aliphatic heterocycles. The van der Waals surface area contributed by atoms with Crippen LogP contribution in [0.25, 0.3) is 10.1 Å². The lowest BCUT2D eigenvalue weighted by molar-refractivity contribution is -0.130. The Labute approximate surface area is 183 Å². The van der Waals surface area contributed by atoms with E-state index in [1.165, 1.54) is 22.1 Å². The summed E-state index contributed by atoms with van der Waals surface area (Å²) in [6.07, 6.45) is 3.75. The number of rotatable bonds is 7. The van der Waals surface area contributed by atoms with Gasteiger partial charge in [0.05, 0.1) is 11.5 Å². The van der Waals surface area contributed by atoms with Gasteiger partial charge in [0.25, 0.3) is 5.91 Å². The van der Waals surface area contributed by atoms with Crippen molar-refractivity contribution in [2.45, 2.75) is 18.9 Å². The Bertz CT molecular complexity index is 1160. The fraction of sp³-hybridized carbons (Fsp3) is 0.364. The Balaban J connectivity index is 1.55. The van der Waals surface area contributed by atoms with Crippen LogP contribution in [0.3, 0.4) is 0 Å². The highest BCUT2D eigenvalue weighted by molar-refractivity contribution is 7.21. The van der Waals surface area contributed by atoms with Gasteiger partial charge in [0.15, 0.2) is 0 Å². The smallest absolute Gasteiger partial charge is 0.347 e. The maximum Gasteiger partial charge on any atom is 0.347 e. The third-order valence-electron chi connectivity index (χ3n) is 5.47. The number of aromatic nitrogens is 2. The predicted molar refractivity (Wildman–Crippen MR) is 118 cm³/mol. The van der Waals surface area contributed by atoms with Gasteiger partial charge in [0, 0.05) is 49.8 Å². The van der Waals surface area contributed by atoms with Gasteiger partial charge in [-0.1, -0.05) is 18.2 Å². The lowest BCUT2D eigenvalue weighted by atomic mass is 9.95. The van der Waals surface area contributed by atoms with Crippen LogP contribution in [0.1, 0.15) is 27.6 Å². The number of methoxy groups -OCH3 is 1. The molecular formula is C22H24N4O4S. The second kappa shape index (κ2) is 9.40. The number of ether oxygens (including phenoxy) is 1. The molecule has 0 bridgehead atoms. The number of hydrogen-bond donors (Lipinski definition) is 1. The highest BCUT2D eigenvalue weighted by Crippen LogP contribution is 2.40. The summed E-state index contributed by atoms with van der Waals surface area (Å²) in [5, 5.41) is 3.98. The quantitative estimate of drug-likeness (QED) is 0.566. The fourth-order valence-corrected chi connectivity index (χ4v) is 5.17. The number of fused-ring (bicyclic) bond motifs is 1. The normalized spacial score (nSPS) is 16.0. The van der Waals surface area contributed by atoms with Crippen LogP contribution >= 0.6 is 11.3 Å². The lowest BCUT2D eigenvalue weighted by Gasteiger charge is -2.18.